The number of hydrogen-bond donors (Lipinski definition) is 2. The molecule has 0 radical (unpaired) electrons. The van der Waals surface area contributed by atoms with Gasteiger partial charge in [-0.3, -0.25) is 9.69 Å². The van der Waals surface area contributed by atoms with Crippen LogP contribution in [0.1, 0.15) is 24.4 Å². The molecule has 2 rings (SSSR count). The molecular weight excluding hydrogens is 228 g/mol. The predicted molar refractivity (Wildman–Crippen MR) is 69.8 cm³/mol. The lowest BCUT2D eigenvalue weighted by Gasteiger charge is -2.35. The highest BCUT2D eigenvalue weighted by atomic mass is 16.3. The number of carbonyl (C=O) groups is 1. The van der Waals surface area contributed by atoms with E-state index < -0.39 is 0 Å². The Morgan fingerprint density at radius 1 is 1.33 bits per heavy atom. The van der Waals surface area contributed by atoms with Crippen LogP contribution in [0, 0.1) is 5.92 Å². The number of rotatable bonds is 4. The molecule has 1 aliphatic rings. The van der Waals surface area contributed by atoms with E-state index in [2.05, 4.69) is 4.90 Å². The Labute approximate surface area is 107 Å². The van der Waals surface area contributed by atoms with E-state index in [1.165, 1.54) is 0 Å². The first-order valence-electron chi connectivity index (χ1n) is 6.41. The van der Waals surface area contributed by atoms with Crippen LogP contribution in [0.3, 0.4) is 0 Å². The van der Waals surface area contributed by atoms with Crippen molar-refractivity contribution in [2.75, 3.05) is 19.7 Å². The standard InChI is InChI=1S/C14H20N2O2/c15-14(18)13(12-4-2-1-3-5-12)16-8-6-11(10-17)7-9-16/h1-5,11,13,17H,6-10H2,(H2,15,18). The minimum Gasteiger partial charge on any atom is -0.396 e. The molecule has 1 aliphatic heterocycles. The number of nitrogens with two attached hydrogens (primary N) is 1. The average molecular weight is 248 g/mol. The first-order valence-corrected chi connectivity index (χ1v) is 6.41. The highest BCUT2D eigenvalue weighted by Gasteiger charge is 2.29. The highest BCUT2D eigenvalue weighted by molar-refractivity contribution is 5.81. The Kier molecular flexibility index (Phi) is 4.33. The molecule has 0 aliphatic carbocycles. The molecule has 0 bridgehead atoms. The van der Waals surface area contributed by atoms with Crippen LogP contribution in [0.25, 0.3) is 0 Å². The van der Waals surface area contributed by atoms with Crippen LogP contribution in [-0.4, -0.2) is 35.6 Å². The first kappa shape index (κ1) is 13.1. The molecule has 1 aromatic rings. The highest BCUT2D eigenvalue weighted by Crippen LogP contribution is 2.26. The molecule has 3 N–H and O–H groups in total. The van der Waals surface area contributed by atoms with Crippen molar-refractivity contribution in [3.8, 4) is 0 Å². The Morgan fingerprint density at radius 3 is 2.44 bits per heavy atom. The number of primary amides is 1. The van der Waals surface area contributed by atoms with E-state index in [-0.39, 0.29) is 18.6 Å². The fourth-order valence-corrected chi connectivity index (χ4v) is 2.58. The number of carbonyl (C=O) groups excluding carboxylic acids is 1. The van der Waals surface area contributed by atoms with E-state index >= 15 is 0 Å². The molecular formula is C14H20N2O2. The van der Waals surface area contributed by atoms with Crippen molar-refractivity contribution in [1.29, 1.82) is 0 Å². The first-order chi connectivity index (χ1) is 8.72. The van der Waals surface area contributed by atoms with Gasteiger partial charge in [-0.15, -0.1) is 0 Å². The summed E-state index contributed by atoms with van der Waals surface area (Å²) in [5.41, 5.74) is 6.49. The van der Waals surface area contributed by atoms with E-state index in [0.29, 0.717) is 5.92 Å². The molecule has 1 atom stereocenters. The second-order valence-corrected chi connectivity index (χ2v) is 4.88. The van der Waals surface area contributed by atoms with Crippen LogP contribution < -0.4 is 5.73 Å². The van der Waals surface area contributed by atoms with Crippen molar-refractivity contribution >= 4 is 5.91 Å². The van der Waals surface area contributed by atoms with Gasteiger partial charge >= 0.3 is 0 Å². The summed E-state index contributed by atoms with van der Waals surface area (Å²) in [6, 6.07) is 9.31. The largest absolute Gasteiger partial charge is 0.396 e. The fraction of sp³-hybridized carbons (Fsp3) is 0.500. The fourth-order valence-electron chi connectivity index (χ4n) is 2.58. The minimum atomic E-state index is -0.342. The van der Waals surface area contributed by atoms with Gasteiger partial charge < -0.3 is 10.8 Å². The van der Waals surface area contributed by atoms with Gasteiger partial charge in [0, 0.05) is 6.61 Å². The monoisotopic (exact) mass is 248 g/mol. The zero-order valence-corrected chi connectivity index (χ0v) is 10.5. The van der Waals surface area contributed by atoms with Crippen LogP contribution in [0.5, 0.6) is 0 Å². The van der Waals surface area contributed by atoms with Crippen LogP contribution in [-0.2, 0) is 4.79 Å². The summed E-state index contributed by atoms with van der Waals surface area (Å²) >= 11 is 0. The minimum absolute atomic E-state index is 0.237. The predicted octanol–water partition coefficient (Wildman–Crippen LogP) is 0.917. The van der Waals surface area contributed by atoms with Crippen molar-refractivity contribution in [2.45, 2.75) is 18.9 Å². The van der Waals surface area contributed by atoms with Crippen molar-refractivity contribution in [2.24, 2.45) is 11.7 Å². The third-order valence-electron chi connectivity index (χ3n) is 3.66. The maximum atomic E-state index is 11.7. The molecule has 4 heteroatoms. The molecule has 1 heterocycles. The summed E-state index contributed by atoms with van der Waals surface area (Å²) in [5, 5.41) is 9.13. The van der Waals surface area contributed by atoms with Gasteiger partial charge in [-0.2, -0.15) is 0 Å². The van der Waals surface area contributed by atoms with Crippen LogP contribution in [0.2, 0.25) is 0 Å². The topological polar surface area (TPSA) is 66.6 Å². The molecule has 4 nitrogen and oxygen atoms in total. The molecule has 1 amide bonds. The number of likely N-dealkylation sites (tertiary alicyclic amines) is 1. The van der Waals surface area contributed by atoms with Crippen LogP contribution >= 0.6 is 0 Å². The van der Waals surface area contributed by atoms with E-state index in [9.17, 15) is 4.79 Å². The summed E-state index contributed by atoms with van der Waals surface area (Å²) in [6.07, 6.45) is 1.85. The summed E-state index contributed by atoms with van der Waals surface area (Å²) in [5.74, 6) is 0.0641. The number of hydrogen-bond acceptors (Lipinski definition) is 3. The maximum absolute atomic E-state index is 11.7. The van der Waals surface area contributed by atoms with E-state index in [4.69, 9.17) is 10.8 Å². The lowest BCUT2D eigenvalue weighted by atomic mass is 9.94. The summed E-state index contributed by atoms with van der Waals surface area (Å²) in [6.45, 7) is 1.86. The Balaban J connectivity index is 2.10. The maximum Gasteiger partial charge on any atom is 0.239 e. The van der Waals surface area contributed by atoms with Gasteiger partial charge in [0.15, 0.2) is 0 Å². The van der Waals surface area contributed by atoms with Gasteiger partial charge in [0.25, 0.3) is 0 Å². The SMILES string of the molecule is NC(=O)C(c1ccccc1)N1CCC(CO)CC1. The lowest BCUT2D eigenvalue weighted by molar-refractivity contribution is -0.124. The lowest BCUT2D eigenvalue weighted by Crippen LogP contribution is -2.43. The molecule has 0 aromatic heterocycles. The van der Waals surface area contributed by atoms with Crippen molar-refractivity contribution < 1.29 is 9.90 Å². The third-order valence-corrected chi connectivity index (χ3v) is 3.66. The van der Waals surface area contributed by atoms with Crippen molar-refractivity contribution in [1.82, 2.24) is 4.90 Å². The molecule has 18 heavy (non-hydrogen) atoms. The summed E-state index contributed by atoms with van der Waals surface area (Å²) < 4.78 is 0. The van der Waals surface area contributed by atoms with Gasteiger partial charge in [-0.25, -0.2) is 0 Å². The molecule has 1 unspecified atom stereocenters. The number of nitrogens with zero attached hydrogens (tertiary/aromatic N) is 1. The van der Waals surface area contributed by atoms with Crippen LogP contribution in [0.15, 0.2) is 30.3 Å². The molecule has 1 saturated heterocycles. The van der Waals surface area contributed by atoms with E-state index in [1.54, 1.807) is 0 Å². The normalized spacial score (nSPS) is 19.6. The van der Waals surface area contributed by atoms with Crippen LogP contribution in [0.4, 0.5) is 0 Å². The zero-order valence-electron chi connectivity index (χ0n) is 10.5. The number of benzene rings is 1. The summed E-state index contributed by atoms with van der Waals surface area (Å²) in [7, 11) is 0. The molecule has 0 spiro atoms. The summed E-state index contributed by atoms with van der Waals surface area (Å²) in [4.78, 5) is 13.8. The van der Waals surface area contributed by atoms with Gasteiger partial charge in [-0.1, -0.05) is 30.3 Å². The smallest absolute Gasteiger partial charge is 0.239 e. The quantitative estimate of drug-likeness (QED) is 0.832. The number of aliphatic hydroxyl groups excluding tert-OH is 1. The Morgan fingerprint density at radius 2 is 1.94 bits per heavy atom. The van der Waals surface area contributed by atoms with Gasteiger partial charge in [0.2, 0.25) is 5.91 Å². The van der Waals surface area contributed by atoms with Gasteiger partial charge in [-0.05, 0) is 37.4 Å². The third kappa shape index (κ3) is 2.89. The number of piperidine rings is 1. The number of aliphatic hydroxyl groups is 1. The molecule has 1 aromatic carbocycles. The Bertz CT molecular complexity index is 386. The van der Waals surface area contributed by atoms with E-state index in [0.717, 1.165) is 31.5 Å². The average Bonchev–Trinajstić information content (AvgIpc) is 2.40. The second-order valence-electron chi connectivity index (χ2n) is 4.88. The molecule has 0 saturated carbocycles. The van der Waals surface area contributed by atoms with Crippen molar-refractivity contribution in [3.05, 3.63) is 35.9 Å². The van der Waals surface area contributed by atoms with Crippen molar-refractivity contribution in [3.63, 3.8) is 0 Å². The second kappa shape index (κ2) is 5.98. The van der Waals surface area contributed by atoms with Gasteiger partial charge in [0.1, 0.15) is 6.04 Å². The van der Waals surface area contributed by atoms with Gasteiger partial charge in [0.05, 0.1) is 0 Å². The zero-order chi connectivity index (χ0) is 13.0. The molecule has 98 valence electrons. The molecule has 1 fully saturated rings. The Hall–Kier alpha value is -1.39. The van der Waals surface area contributed by atoms with E-state index in [1.807, 2.05) is 30.3 Å². The number of amides is 1.